The Morgan fingerprint density at radius 3 is 2.29 bits per heavy atom. The first-order valence-electron chi connectivity index (χ1n) is 11.9. The Labute approximate surface area is 202 Å². The number of aromatic nitrogens is 1. The molecule has 0 aliphatic heterocycles. The summed E-state index contributed by atoms with van der Waals surface area (Å²) in [4.78, 5) is 30.2. The predicted molar refractivity (Wildman–Crippen MR) is 133 cm³/mol. The molecule has 1 saturated carbocycles. The van der Waals surface area contributed by atoms with Gasteiger partial charge in [-0.05, 0) is 54.2 Å². The molecule has 184 valence electrons. The van der Waals surface area contributed by atoms with Crippen LogP contribution in [0.5, 0.6) is 0 Å². The number of carbonyl (C=O) groups is 2. The fourth-order valence-corrected chi connectivity index (χ4v) is 6.20. The first-order chi connectivity index (χ1) is 16.0. The van der Waals surface area contributed by atoms with Gasteiger partial charge in [0.25, 0.3) is 5.91 Å². The van der Waals surface area contributed by atoms with Crippen LogP contribution < -0.4 is 10.6 Å². The van der Waals surface area contributed by atoms with E-state index in [4.69, 9.17) is 0 Å². The Balaban J connectivity index is 1.72. The molecule has 0 saturated heterocycles. The molecule has 34 heavy (non-hydrogen) atoms. The van der Waals surface area contributed by atoms with Crippen molar-refractivity contribution in [1.82, 2.24) is 10.3 Å². The van der Waals surface area contributed by atoms with Crippen molar-refractivity contribution in [3.8, 4) is 0 Å². The zero-order valence-electron chi connectivity index (χ0n) is 20.2. The molecule has 0 radical (unpaired) electrons. The number of benzene rings is 1. The average molecular weight is 486 g/mol. The first-order valence-corrected chi connectivity index (χ1v) is 13.5. The van der Waals surface area contributed by atoms with Crippen LogP contribution in [0.3, 0.4) is 0 Å². The van der Waals surface area contributed by atoms with Crippen LogP contribution in [0, 0.1) is 11.3 Å². The zero-order valence-corrected chi connectivity index (χ0v) is 21.0. The molecule has 0 bridgehead atoms. The van der Waals surface area contributed by atoms with Gasteiger partial charge in [-0.2, -0.15) is 0 Å². The Morgan fingerprint density at radius 1 is 1.03 bits per heavy atom. The van der Waals surface area contributed by atoms with Crippen molar-refractivity contribution >= 4 is 27.3 Å². The van der Waals surface area contributed by atoms with Crippen LogP contribution in [-0.4, -0.2) is 37.0 Å². The Morgan fingerprint density at radius 2 is 1.71 bits per heavy atom. The number of nitrogens with zero attached hydrogens (tertiary/aromatic N) is 1. The zero-order chi connectivity index (χ0) is 24.8. The van der Waals surface area contributed by atoms with E-state index in [9.17, 15) is 18.0 Å². The smallest absolute Gasteiger partial charge is 0.270 e. The Bertz CT molecular complexity index is 1070. The fourth-order valence-electron chi connectivity index (χ4n) is 4.35. The van der Waals surface area contributed by atoms with Crippen molar-refractivity contribution in [1.29, 1.82) is 0 Å². The van der Waals surface area contributed by atoms with E-state index in [0.29, 0.717) is 18.0 Å². The van der Waals surface area contributed by atoms with E-state index in [-0.39, 0.29) is 33.6 Å². The third-order valence-electron chi connectivity index (χ3n) is 5.92. The van der Waals surface area contributed by atoms with Gasteiger partial charge < -0.3 is 10.6 Å². The predicted octanol–water partition coefficient (Wildman–Crippen LogP) is 4.61. The number of anilines is 1. The first kappa shape index (κ1) is 25.9. The Hall–Kier alpha value is -2.74. The van der Waals surface area contributed by atoms with Crippen molar-refractivity contribution in [2.24, 2.45) is 11.3 Å². The molecule has 7 nitrogen and oxygen atoms in total. The number of sulfone groups is 1. The molecule has 1 aromatic carbocycles. The third kappa shape index (κ3) is 7.65. The van der Waals surface area contributed by atoms with Crippen LogP contribution in [0.4, 0.5) is 5.69 Å². The van der Waals surface area contributed by atoms with Crippen LogP contribution in [0.15, 0.2) is 53.6 Å². The van der Waals surface area contributed by atoms with Gasteiger partial charge in [-0.1, -0.05) is 58.9 Å². The lowest BCUT2D eigenvalue weighted by atomic mass is 9.84. The quantitative estimate of drug-likeness (QED) is 0.568. The maximum atomic E-state index is 13.2. The molecule has 1 fully saturated rings. The molecule has 1 aliphatic rings. The summed E-state index contributed by atoms with van der Waals surface area (Å²) in [6.07, 6.45) is 7.67. The largest absolute Gasteiger partial charge is 0.339 e. The number of pyridine rings is 1. The van der Waals surface area contributed by atoms with Gasteiger partial charge in [-0.15, -0.1) is 0 Å². The maximum Gasteiger partial charge on any atom is 0.270 e. The van der Waals surface area contributed by atoms with Crippen molar-refractivity contribution in [2.45, 2.75) is 70.2 Å². The van der Waals surface area contributed by atoms with E-state index >= 15 is 0 Å². The summed E-state index contributed by atoms with van der Waals surface area (Å²) >= 11 is 0. The van der Waals surface area contributed by atoms with E-state index in [0.717, 1.165) is 25.7 Å². The van der Waals surface area contributed by atoms with Gasteiger partial charge >= 0.3 is 0 Å². The standard InChI is InChI=1S/C26H35N3O4S/c1-26(2,3)18-34(32,33)21-14-12-20(13-15-21)28-25(31)23(17-19-9-5-4-6-10-19)29-24(30)22-11-7-8-16-27-22/h7-8,11-16,19,23H,4-6,9-10,17-18H2,1-3H3,(H,28,31)(H,29,30)/t23-/m0/s1. The van der Waals surface area contributed by atoms with E-state index < -0.39 is 15.9 Å². The molecule has 8 heteroatoms. The normalized spacial score (nSPS) is 16.0. The van der Waals surface area contributed by atoms with Crippen molar-refractivity contribution in [3.05, 3.63) is 54.4 Å². The summed E-state index contributed by atoms with van der Waals surface area (Å²) in [6, 6.07) is 10.6. The highest BCUT2D eigenvalue weighted by molar-refractivity contribution is 7.91. The molecule has 2 aromatic rings. The monoisotopic (exact) mass is 485 g/mol. The average Bonchev–Trinajstić information content (AvgIpc) is 2.78. The molecule has 0 spiro atoms. The lowest BCUT2D eigenvalue weighted by Gasteiger charge is -2.26. The number of hydrogen-bond acceptors (Lipinski definition) is 5. The molecule has 1 atom stereocenters. The second-order valence-corrected chi connectivity index (χ2v) is 12.3. The van der Waals surface area contributed by atoms with Crippen molar-refractivity contribution in [3.63, 3.8) is 0 Å². The number of carbonyl (C=O) groups excluding carboxylic acids is 2. The van der Waals surface area contributed by atoms with Crippen LogP contribution in [-0.2, 0) is 14.6 Å². The molecular weight excluding hydrogens is 450 g/mol. The van der Waals surface area contributed by atoms with Crippen LogP contribution in [0.1, 0.15) is 69.8 Å². The van der Waals surface area contributed by atoms with Crippen LogP contribution >= 0.6 is 0 Å². The highest BCUT2D eigenvalue weighted by atomic mass is 32.2. The number of nitrogens with one attached hydrogen (secondary N) is 2. The lowest BCUT2D eigenvalue weighted by molar-refractivity contribution is -0.118. The van der Waals surface area contributed by atoms with Gasteiger partial charge in [0.05, 0.1) is 10.6 Å². The second kappa shape index (κ2) is 11.1. The Kier molecular flexibility index (Phi) is 8.47. The summed E-state index contributed by atoms with van der Waals surface area (Å²) < 4.78 is 25.3. The molecule has 2 amide bonds. The highest BCUT2D eigenvalue weighted by Gasteiger charge is 2.27. The van der Waals surface area contributed by atoms with Crippen LogP contribution in [0.2, 0.25) is 0 Å². The minimum atomic E-state index is -3.42. The van der Waals surface area contributed by atoms with Gasteiger partial charge in [0.15, 0.2) is 9.84 Å². The highest BCUT2D eigenvalue weighted by Crippen LogP contribution is 2.28. The maximum absolute atomic E-state index is 13.2. The molecule has 2 N–H and O–H groups in total. The summed E-state index contributed by atoms with van der Waals surface area (Å²) in [5.41, 5.74) is 0.391. The van der Waals surface area contributed by atoms with Gasteiger partial charge in [0, 0.05) is 11.9 Å². The van der Waals surface area contributed by atoms with Gasteiger partial charge in [0.2, 0.25) is 5.91 Å². The van der Waals surface area contributed by atoms with Crippen molar-refractivity contribution in [2.75, 3.05) is 11.1 Å². The van der Waals surface area contributed by atoms with E-state index in [2.05, 4.69) is 15.6 Å². The molecule has 1 heterocycles. The van der Waals surface area contributed by atoms with E-state index in [1.165, 1.54) is 18.6 Å². The molecule has 1 aromatic heterocycles. The lowest BCUT2D eigenvalue weighted by Crippen LogP contribution is -2.45. The summed E-state index contributed by atoms with van der Waals surface area (Å²) in [5, 5.41) is 5.70. The SMILES string of the molecule is CC(C)(C)CS(=O)(=O)c1ccc(NC(=O)[C@H](CC2CCCCC2)NC(=O)c2ccccn2)cc1. The van der Waals surface area contributed by atoms with Crippen LogP contribution in [0.25, 0.3) is 0 Å². The van der Waals surface area contributed by atoms with Crippen molar-refractivity contribution < 1.29 is 18.0 Å². The number of hydrogen-bond donors (Lipinski definition) is 2. The number of amides is 2. The summed E-state index contributed by atoms with van der Waals surface area (Å²) in [6.45, 7) is 5.64. The fraction of sp³-hybridized carbons (Fsp3) is 0.500. The van der Waals surface area contributed by atoms with Gasteiger partial charge in [-0.25, -0.2) is 8.42 Å². The van der Waals surface area contributed by atoms with E-state index in [1.54, 1.807) is 36.5 Å². The third-order valence-corrected chi connectivity index (χ3v) is 8.15. The molecule has 3 rings (SSSR count). The molecule has 0 unspecified atom stereocenters. The minimum absolute atomic E-state index is 0.0364. The summed E-state index contributed by atoms with van der Waals surface area (Å²) in [7, 11) is -3.42. The second-order valence-electron chi connectivity index (χ2n) is 10.3. The number of rotatable bonds is 8. The molecular formula is C26H35N3O4S. The topological polar surface area (TPSA) is 105 Å². The van der Waals surface area contributed by atoms with E-state index in [1.807, 2.05) is 20.8 Å². The van der Waals surface area contributed by atoms with Gasteiger partial charge in [0.1, 0.15) is 11.7 Å². The minimum Gasteiger partial charge on any atom is -0.339 e. The molecule has 1 aliphatic carbocycles. The van der Waals surface area contributed by atoms with Gasteiger partial charge in [-0.3, -0.25) is 14.6 Å². The summed E-state index contributed by atoms with van der Waals surface area (Å²) in [5.74, 6) is -0.298.